The number of furan rings is 1. The molecule has 0 atom stereocenters. The second-order valence-corrected chi connectivity index (χ2v) is 2.99. The molecule has 0 N–H and O–H groups in total. The molecule has 2 aromatic rings. The minimum atomic E-state index is 0.641. The summed E-state index contributed by atoms with van der Waals surface area (Å²) < 4.78 is 5.15. The van der Waals surface area contributed by atoms with Gasteiger partial charge < -0.3 is 4.42 Å². The van der Waals surface area contributed by atoms with Crippen LogP contribution in [0.25, 0.3) is 11.1 Å². The van der Waals surface area contributed by atoms with E-state index in [-0.39, 0.29) is 0 Å². The SMILES string of the molecule is CCc1cc(Cl)c2occc2n1. The molecule has 2 rings (SSSR count). The molecule has 3 heteroatoms. The third-order valence-corrected chi connectivity index (χ3v) is 2.06. The number of aryl methyl sites for hydroxylation is 1. The highest BCUT2D eigenvalue weighted by molar-refractivity contribution is 6.34. The van der Waals surface area contributed by atoms with Crippen molar-refractivity contribution in [3.05, 3.63) is 29.1 Å². The zero-order valence-corrected chi connectivity index (χ0v) is 7.43. The Kier molecular flexibility index (Phi) is 1.77. The number of nitrogens with zero attached hydrogens (tertiary/aromatic N) is 1. The quantitative estimate of drug-likeness (QED) is 0.676. The second-order valence-electron chi connectivity index (χ2n) is 2.58. The van der Waals surface area contributed by atoms with E-state index in [1.54, 1.807) is 6.26 Å². The lowest BCUT2D eigenvalue weighted by atomic mass is 10.3. The first kappa shape index (κ1) is 7.62. The van der Waals surface area contributed by atoms with Gasteiger partial charge in [-0.2, -0.15) is 0 Å². The zero-order valence-electron chi connectivity index (χ0n) is 6.67. The van der Waals surface area contributed by atoms with Gasteiger partial charge in [-0.05, 0) is 12.5 Å². The molecule has 0 spiro atoms. The van der Waals surface area contributed by atoms with Crippen LogP contribution in [0.2, 0.25) is 5.02 Å². The predicted molar refractivity (Wildman–Crippen MR) is 48.4 cm³/mol. The van der Waals surface area contributed by atoms with Gasteiger partial charge in [-0.25, -0.2) is 4.98 Å². The van der Waals surface area contributed by atoms with E-state index in [4.69, 9.17) is 16.0 Å². The molecule has 62 valence electrons. The average molecular weight is 182 g/mol. The Balaban J connectivity index is 2.75. The first-order valence-electron chi connectivity index (χ1n) is 3.84. The van der Waals surface area contributed by atoms with Crippen LogP contribution in [0.15, 0.2) is 22.8 Å². The van der Waals surface area contributed by atoms with E-state index >= 15 is 0 Å². The molecule has 12 heavy (non-hydrogen) atoms. The highest BCUT2D eigenvalue weighted by atomic mass is 35.5. The normalized spacial score (nSPS) is 10.8. The predicted octanol–water partition coefficient (Wildman–Crippen LogP) is 3.04. The molecule has 0 saturated carbocycles. The van der Waals surface area contributed by atoms with Crippen molar-refractivity contribution >= 4 is 22.7 Å². The molecule has 2 aromatic heterocycles. The van der Waals surface area contributed by atoms with Crippen molar-refractivity contribution < 1.29 is 4.42 Å². The van der Waals surface area contributed by atoms with Crippen molar-refractivity contribution in [1.82, 2.24) is 4.98 Å². The molecular weight excluding hydrogens is 174 g/mol. The van der Waals surface area contributed by atoms with E-state index in [1.807, 2.05) is 19.1 Å². The highest BCUT2D eigenvalue weighted by Gasteiger charge is 2.04. The number of hydrogen-bond donors (Lipinski definition) is 0. The molecule has 0 amide bonds. The topological polar surface area (TPSA) is 26.0 Å². The molecule has 0 aromatic carbocycles. The Morgan fingerprint density at radius 1 is 1.58 bits per heavy atom. The lowest BCUT2D eigenvalue weighted by molar-refractivity contribution is 0.615. The minimum absolute atomic E-state index is 0.641. The summed E-state index contributed by atoms with van der Waals surface area (Å²) in [7, 11) is 0. The van der Waals surface area contributed by atoms with Crippen LogP contribution >= 0.6 is 11.6 Å². The van der Waals surface area contributed by atoms with Gasteiger partial charge in [0.2, 0.25) is 0 Å². The maximum atomic E-state index is 5.95. The van der Waals surface area contributed by atoms with Gasteiger partial charge in [0.15, 0.2) is 5.58 Å². The fourth-order valence-corrected chi connectivity index (χ4v) is 1.42. The molecule has 0 aliphatic carbocycles. The number of rotatable bonds is 1. The summed E-state index contributed by atoms with van der Waals surface area (Å²) in [6.45, 7) is 2.05. The van der Waals surface area contributed by atoms with E-state index < -0.39 is 0 Å². The summed E-state index contributed by atoms with van der Waals surface area (Å²) in [4.78, 5) is 4.34. The van der Waals surface area contributed by atoms with Crippen LogP contribution in [-0.4, -0.2) is 4.98 Å². The summed E-state index contributed by atoms with van der Waals surface area (Å²) in [5.74, 6) is 0. The van der Waals surface area contributed by atoms with Crippen LogP contribution in [-0.2, 0) is 6.42 Å². The van der Waals surface area contributed by atoms with E-state index in [0.29, 0.717) is 10.6 Å². The standard InChI is InChI=1S/C9H8ClNO/c1-2-6-5-7(10)9-8(11-6)3-4-12-9/h3-5H,2H2,1H3. The van der Waals surface area contributed by atoms with Crippen molar-refractivity contribution in [1.29, 1.82) is 0 Å². The van der Waals surface area contributed by atoms with Crippen LogP contribution < -0.4 is 0 Å². The van der Waals surface area contributed by atoms with Gasteiger partial charge in [0, 0.05) is 11.8 Å². The Bertz CT molecular complexity index is 408. The van der Waals surface area contributed by atoms with E-state index in [1.165, 1.54) is 0 Å². The Labute approximate surface area is 75.2 Å². The Morgan fingerprint density at radius 2 is 2.42 bits per heavy atom. The average Bonchev–Trinajstić information content (AvgIpc) is 2.52. The lowest BCUT2D eigenvalue weighted by Crippen LogP contribution is -1.85. The van der Waals surface area contributed by atoms with Crippen molar-refractivity contribution in [3.63, 3.8) is 0 Å². The van der Waals surface area contributed by atoms with Crippen LogP contribution in [0.4, 0.5) is 0 Å². The van der Waals surface area contributed by atoms with Crippen molar-refractivity contribution in [2.24, 2.45) is 0 Å². The van der Waals surface area contributed by atoms with E-state index in [9.17, 15) is 0 Å². The molecule has 0 radical (unpaired) electrons. The zero-order chi connectivity index (χ0) is 8.55. The number of halogens is 1. The molecule has 0 aliphatic heterocycles. The molecule has 0 aliphatic rings. The summed E-state index contributed by atoms with van der Waals surface area (Å²) in [5, 5.41) is 0.641. The molecule has 0 fully saturated rings. The molecular formula is C9H8ClNO. The fourth-order valence-electron chi connectivity index (χ4n) is 1.15. The molecule has 0 saturated heterocycles. The monoisotopic (exact) mass is 181 g/mol. The van der Waals surface area contributed by atoms with Gasteiger partial charge in [0.1, 0.15) is 5.52 Å². The van der Waals surface area contributed by atoms with Crippen molar-refractivity contribution in [2.75, 3.05) is 0 Å². The van der Waals surface area contributed by atoms with Gasteiger partial charge in [0.05, 0.1) is 11.3 Å². The van der Waals surface area contributed by atoms with Gasteiger partial charge in [-0.15, -0.1) is 0 Å². The fraction of sp³-hybridized carbons (Fsp3) is 0.222. The molecule has 0 unspecified atom stereocenters. The maximum Gasteiger partial charge on any atom is 0.170 e. The summed E-state index contributed by atoms with van der Waals surface area (Å²) in [5.41, 5.74) is 2.50. The van der Waals surface area contributed by atoms with Gasteiger partial charge in [0.25, 0.3) is 0 Å². The number of pyridine rings is 1. The Hall–Kier alpha value is -1.02. The van der Waals surface area contributed by atoms with Crippen LogP contribution in [0, 0.1) is 0 Å². The van der Waals surface area contributed by atoms with Gasteiger partial charge in [-0.1, -0.05) is 18.5 Å². The third kappa shape index (κ3) is 1.08. The molecule has 2 nitrogen and oxygen atoms in total. The summed E-state index contributed by atoms with van der Waals surface area (Å²) in [6.07, 6.45) is 2.49. The van der Waals surface area contributed by atoms with Crippen LogP contribution in [0.1, 0.15) is 12.6 Å². The number of fused-ring (bicyclic) bond motifs is 1. The second kappa shape index (κ2) is 2.79. The maximum absolute atomic E-state index is 5.95. The minimum Gasteiger partial charge on any atom is -0.461 e. The van der Waals surface area contributed by atoms with E-state index in [0.717, 1.165) is 17.6 Å². The van der Waals surface area contributed by atoms with Gasteiger partial charge >= 0.3 is 0 Å². The Morgan fingerprint density at radius 3 is 3.17 bits per heavy atom. The summed E-state index contributed by atoms with van der Waals surface area (Å²) in [6, 6.07) is 3.66. The van der Waals surface area contributed by atoms with Gasteiger partial charge in [-0.3, -0.25) is 0 Å². The van der Waals surface area contributed by atoms with Crippen LogP contribution in [0.3, 0.4) is 0 Å². The largest absolute Gasteiger partial charge is 0.461 e. The van der Waals surface area contributed by atoms with Crippen molar-refractivity contribution in [3.8, 4) is 0 Å². The molecule has 2 heterocycles. The first-order valence-corrected chi connectivity index (χ1v) is 4.21. The number of aromatic nitrogens is 1. The third-order valence-electron chi connectivity index (χ3n) is 1.78. The lowest BCUT2D eigenvalue weighted by Gasteiger charge is -1.96. The van der Waals surface area contributed by atoms with E-state index in [2.05, 4.69) is 4.98 Å². The molecule has 0 bridgehead atoms. The highest BCUT2D eigenvalue weighted by Crippen LogP contribution is 2.23. The first-order chi connectivity index (χ1) is 5.81. The van der Waals surface area contributed by atoms with Crippen LogP contribution in [0.5, 0.6) is 0 Å². The van der Waals surface area contributed by atoms with Crippen molar-refractivity contribution in [2.45, 2.75) is 13.3 Å². The smallest absolute Gasteiger partial charge is 0.170 e. The summed E-state index contributed by atoms with van der Waals surface area (Å²) >= 11 is 5.95. The number of hydrogen-bond acceptors (Lipinski definition) is 2.